The zero-order valence-electron chi connectivity index (χ0n) is 11.0. The molecule has 0 bridgehead atoms. The minimum atomic E-state index is 0.636. The number of nitrogens with one attached hydrogen (secondary N) is 1. The summed E-state index contributed by atoms with van der Waals surface area (Å²) in [5.74, 6) is 0.636. The van der Waals surface area contributed by atoms with E-state index in [-0.39, 0.29) is 0 Å². The van der Waals surface area contributed by atoms with Gasteiger partial charge in [-0.25, -0.2) is 0 Å². The average molecular weight is 298 g/mol. The van der Waals surface area contributed by atoms with E-state index in [1.54, 1.807) is 0 Å². The summed E-state index contributed by atoms with van der Waals surface area (Å²) in [6, 6.07) is 8.62. The standard InChI is InChI=1S/C15H24BrN/c1-3-5-6-9-13(12-17-4-2)14-10-7-8-11-15(14)16/h7-8,10-11,13,17H,3-6,9,12H2,1-2H3. The molecule has 2 heteroatoms. The van der Waals surface area contributed by atoms with E-state index < -0.39 is 0 Å². The Morgan fingerprint density at radius 1 is 1.18 bits per heavy atom. The van der Waals surface area contributed by atoms with E-state index in [0.717, 1.165) is 13.1 Å². The molecule has 0 aromatic heterocycles. The van der Waals surface area contributed by atoms with Gasteiger partial charge in [-0.05, 0) is 30.5 Å². The first-order valence-electron chi connectivity index (χ1n) is 6.74. The van der Waals surface area contributed by atoms with Crippen molar-refractivity contribution in [1.29, 1.82) is 0 Å². The van der Waals surface area contributed by atoms with Crippen molar-refractivity contribution >= 4 is 15.9 Å². The number of rotatable bonds is 8. The van der Waals surface area contributed by atoms with Crippen molar-refractivity contribution in [2.45, 2.75) is 45.4 Å². The Hall–Kier alpha value is -0.340. The van der Waals surface area contributed by atoms with E-state index in [9.17, 15) is 0 Å². The highest BCUT2D eigenvalue weighted by Gasteiger charge is 2.13. The second-order valence-corrected chi connectivity index (χ2v) is 5.38. The van der Waals surface area contributed by atoms with E-state index in [4.69, 9.17) is 0 Å². The summed E-state index contributed by atoms with van der Waals surface area (Å²) < 4.78 is 1.25. The Labute approximate surface area is 114 Å². The normalized spacial score (nSPS) is 12.6. The molecule has 0 aliphatic carbocycles. The van der Waals surface area contributed by atoms with Crippen LogP contribution in [0.5, 0.6) is 0 Å². The number of halogens is 1. The van der Waals surface area contributed by atoms with Gasteiger partial charge in [-0.1, -0.05) is 67.2 Å². The molecule has 1 unspecified atom stereocenters. The second kappa shape index (κ2) is 8.71. The number of unbranched alkanes of at least 4 members (excludes halogenated alkanes) is 2. The van der Waals surface area contributed by atoms with Gasteiger partial charge in [0.25, 0.3) is 0 Å². The first-order valence-corrected chi connectivity index (χ1v) is 7.54. The van der Waals surface area contributed by atoms with Crippen LogP contribution in [0.1, 0.15) is 51.0 Å². The molecule has 1 N–H and O–H groups in total. The molecule has 0 spiro atoms. The zero-order valence-corrected chi connectivity index (χ0v) is 12.6. The van der Waals surface area contributed by atoms with Crippen molar-refractivity contribution in [1.82, 2.24) is 5.32 Å². The van der Waals surface area contributed by atoms with Gasteiger partial charge in [0.05, 0.1) is 0 Å². The molecular weight excluding hydrogens is 274 g/mol. The summed E-state index contributed by atoms with van der Waals surface area (Å²) in [5, 5.41) is 3.48. The SMILES string of the molecule is CCCCCC(CNCC)c1ccccc1Br. The lowest BCUT2D eigenvalue weighted by molar-refractivity contribution is 0.526. The third-order valence-corrected chi connectivity index (χ3v) is 3.86. The number of hydrogen-bond donors (Lipinski definition) is 1. The van der Waals surface area contributed by atoms with Crippen LogP contribution in [0.4, 0.5) is 0 Å². The smallest absolute Gasteiger partial charge is 0.0210 e. The zero-order chi connectivity index (χ0) is 12.5. The Morgan fingerprint density at radius 2 is 1.94 bits per heavy atom. The predicted molar refractivity (Wildman–Crippen MR) is 79.6 cm³/mol. The van der Waals surface area contributed by atoms with Crippen molar-refractivity contribution in [3.63, 3.8) is 0 Å². The van der Waals surface area contributed by atoms with Crippen molar-refractivity contribution in [3.8, 4) is 0 Å². The fourth-order valence-corrected chi connectivity index (χ4v) is 2.74. The van der Waals surface area contributed by atoms with Crippen molar-refractivity contribution in [2.75, 3.05) is 13.1 Å². The Kier molecular flexibility index (Phi) is 7.54. The maximum Gasteiger partial charge on any atom is 0.0210 e. The van der Waals surface area contributed by atoms with Gasteiger partial charge in [0.2, 0.25) is 0 Å². The summed E-state index contributed by atoms with van der Waals surface area (Å²) in [5.41, 5.74) is 1.45. The lowest BCUT2D eigenvalue weighted by Gasteiger charge is -2.19. The van der Waals surface area contributed by atoms with Gasteiger partial charge in [-0.15, -0.1) is 0 Å². The highest BCUT2D eigenvalue weighted by Crippen LogP contribution is 2.28. The molecule has 0 amide bonds. The molecule has 0 aliphatic heterocycles. The first kappa shape index (κ1) is 14.7. The van der Waals surface area contributed by atoms with Crippen molar-refractivity contribution in [3.05, 3.63) is 34.3 Å². The van der Waals surface area contributed by atoms with Gasteiger partial charge in [-0.2, -0.15) is 0 Å². The summed E-state index contributed by atoms with van der Waals surface area (Å²) in [4.78, 5) is 0. The maximum atomic E-state index is 3.67. The molecule has 1 aromatic rings. The number of likely N-dealkylation sites (N-methyl/N-ethyl adjacent to an activating group) is 1. The molecule has 1 rings (SSSR count). The third kappa shape index (κ3) is 5.22. The van der Waals surface area contributed by atoms with E-state index in [1.165, 1.54) is 35.7 Å². The Balaban J connectivity index is 2.64. The van der Waals surface area contributed by atoms with Crippen LogP contribution in [0.15, 0.2) is 28.7 Å². The Morgan fingerprint density at radius 3 is 2.59 bits per heavy atom. The Bertz CT molecular complexity index is 312. The van der Waals surface area contributed by atoms with E-state index in [0.29, 0.717) is 5.92 Å². The van der Waals surface area contributed by atoms with Crippen LogP contribution in [-0.2, 0) is 0 Å². The van der Waals surface area contributed by atoms with Gasteiger partial charge in [0.1, 0.15) is 0 Å². The molecule has 0 radical (unpaired) electrons. The summed E-state index contributed by atoms with van der Waals surface area (Å²) in [7, 11) is 0. The van der Waals surface area contributed by atoms with Gasteiger partial charge < -0.3 is 5.32 Å². The molecule has 1 nitrogen and oxygen atoms in total. The van der Waals surface area contributed by atoms with Crippen molar-refractivity contribution in [2.24, 2.45) is 0 Å². The van der Waals surface area contributed by atoms with E-state index >= 15 is 0 Å². The fraction of sp³-hybridized carbons (Fsp3) is 0.600. The van der Waals surface area contributed by atoms with Crippen LogP contribution in [0.3, 0.4) is 0 Å². The summed E-state index contributed by atoms with van der Waals surface area (Å²) in [6.07, 6.45) is 5.24. The second-order valence-electron chi connectivity index (χ2n) is 4.52. The highest BCUT2D eigenvalue weighted by atomic mass is 79.9. The molecule has 0 aliphatic rings. The number of hydrogen-bond acceptors (Lipinski definition) is 1. The molecule has 17 heavy (non-hydrogen) atoms. The topological polar surface area (TPSA) is 12.0 Å². The molecular formula is C15H24BrN. The molecule has 0 saturated carbocycles. The molecule has 1 atom stereocenters. The van der Waals surface area contributed by atoms with Crippen molar-refractivity contribution < 1.29 is 0 Å². The molecule has 0 saturated heterocycles. The van der Waals surface area contributed by atoms with Gasteiger partial charge in [-0.3, -0.25) is 0 Å². The van der Waals surface area contributed by atoms with Crippen LogP contribution in [-0.4, -0.2) is 13.1 Å². The summed E-state index contributed by atoms with van der Waals surface area (Å²) in [6.45, 7) is 6.57. The van der Waals surface area contributed by atoms with Crippen LogP contribution in [0, 0.1) is 0 Å². The van der Waals surface area contributed by atoms with E-state index in [2.05, 4.69) is 59.4 Å². The molecule has 96 valence electrons. The average Bonchev–Trinajstić information content (AvgIpc) is 2.35. The van der Waals surface area contributed by atoms with E-state index in [1.807, 2.05) is 0 Å². The molecule has 0 fully saturated rings. The molecule has 1 aromatic carbocycles. The van der Waals surface area contributed by atoms with Crippen LogP contribution >= 0.6 is 15.9 Å². The van der Waals surface area contributed by atoms with Crippen LogP contribution in [0.25, 0.3) is 0 Å². The predicted octanol–water partition coefficient (Wildman–Crippen LogP) is 4.72. The highest BCUT2D eigenvalue weighted by molar-refractivity contribution is 9.10. The summed E-state index contributed by atoms with van der Waals surface area (Å²) >= 11 is 3.67. The minimum absolute atomic E-state index is 0.636. The van der Waals surface area contributed by atoms with Gasteiger partial charge >= 0.3 is 0 Å². The van der Waals surface area contributed by atoms with Crippen LogP contribution in [0.2, 0.25) is 0 Å². The van der Waals surface area contributed by atoms with Gasteiger partial charge in [0, 0.05) is 11.0 Å². The fourth-order valence-electron chi connectivity index (χ4n) is 2.13. The quantitative estimate of drug-likeness (QED) is 0.685. The number of benzene rings is 1. The van der Waals surface area contributed by atoms with Crippen LogP contribution < -0.4 is 5.32 Å². The van der Waals surface area contributed by atoms with Gasteiger partial charge in [0.15, 0.2) is 0 Å². The minimum Gasteiger partial charge on any atom is -0.316 e. The monoisotopic (exact) mass is 297 g/mol. The third-order valence-electron chi connectivity index (χ3n) is 3.14. The molecule has 0 heterocycles. The lowest BCUT2D eigenvalue weighted by atomic mass is 9.93. The lowest BCUT2D eigenvalue weighted by Crippen LogP contribution is -2.21. The maximum absolute atomic E-state index is 3.67. The first-order chi connectivity index (χ1) is 8.29. The largest absolute Gasteiger partial charge is 0.316 e.